The van der Waals surface area contributed by atoms with E-state index >= 15 is 0 Å². The van der Waals surface area contributed by atoms with Crippen LogP contribution in [0.3, 0.4) is 0 Å². The van der Waals surface area contributed by atoms with Crippen LogP contribution in [0.25, 0.3) is 0 Å². The van der Waals surface area contributed by atoms with E-state index in [9.17, 15) is 4.79 Å². The molecule has 0 heterocycles. The zero-order valence-corrected chi connectivity index (χ0v) is 9.41. The standard InChI is InChI=1S/C12H17NO2/c1-4-15-12(14)9(3)10-5-6-11(13)8(2)7-10/h5-7,9H,4,13H2,1-3H3/t9-/m0/s1. The van der Waals surface area contributed by atoms with Gasteiger partial charge in [-0.2, -0.15) is 0 Å². The van der Waals surface area contributed by atoms with Crippen LogP contribution in [0.4, 0.5) is 5.69 Å². The Hall–Kier alpha value is -1.51. The van der Waals surface area contributed by atoms with Gasteiger partial charge in [0.1, 0.15) is 0 Å². The number of hydrogen-bond donors (Lipinski definition) is 1. The molecule has 1 atom stereocenters. The molecule has 0 saturated carbocycles. The number of anilines is 1. The number of nitrogen functional groups attached to an aromatic ring is 1. The van der Waals surface area contributed by atoms with E-state index in [0.29, 0.717) is 6.61 Å². The summed E-state index contributed by atoms with van der Waals surface area (Å²) >= 11 is 0. The van der Waals surface area contributed by atoms with Gasteiger partial charge in [0, 0.05) is 5.69 Å². The fourth-order valence-corrected chi connectivity index (χ4v) is 1.37. The van der Waals surface area contributed by atoms with Crippen molar-refractivity contribution >= 4 is 11.7 Å². The number of nitrogens with two attached hydrogens (primary N) is 1. The molecule has 1 rings (SSSR count). The highest BCUT2D eigenvalue weighted by Crippen LogP contribution is 2.21. The first-order valence-electron chi connectivity index (χ1n) is 5.09. The Morgan fingerprint density at radius 2 is 2.20 bits per heavy atom. The SMILES string of the molecule is CCOC(=O)[C@@H](C)c1ccc(N)c(C)c1. The molecule has 0 fully saturated rings. The van der Waals surface area contributed by atoms with Gasteiger partial charge in [-0.1, -0.05) is 12.1 Å². The fraction of sp³-hybridized carbons (Fsp3) is 0.417. The quantitative estimate of drug-likeness (QED) is 0.611. The van der Waals surface area contributed by atoms with Crippen molar-refractivity contribution in [3.63, 3.8) is 0 Å². The van der Waals surface area contributed by atoms with Crippen LogP contribution in [-0.4, -0.2) is 12.6 Å². The van der Waals surface area contributed by atoms with E-state index in [-0.39, 0.29) is 11.9 Å². The Balaban J connectivity index is 2.86. The van der Waals surface area contributed by atoms with E-state index in [1.54, 1.807) is 6.92 Å². The van der Waals surface area contributed by atoms with Gasteiger partial charge in [0.2, 0.25) is 0 Å². The molecular formula is C12H17NO2. The lowest BCUT2D eigenvalue weighted by Crippen LogP contribution is -2.13. The summed E-state index contributed by atoms with van der Waals surface area (Å²) in [4.78, 5) is 11.5. The smallest absolute Gasteiger partial charge is 0.313 e. The third kappa shape index (κ3) is 2.72. The first-order chi connectivity index (χ1) is 7.06. The zero-order valence-electron chi connectivity index (χ0n) is 9.41. The molecule has 0 bridgehead atoms. The van der Waals surface area contributed by atoms with E-state index < -0.39 is 0 Å². The number of aryl methyl sites for hydroxylation is 1. The van der Waals surface area contributed by atoms with Crippen LogP contribution in [0.2, 0.25) is 0 Å². The topological polar surface area (TPSA) is 52.3 Å². The molecular weight excluding hydrogens is 190 g/mol. The summed E-state index contributed by atoms with van der Waals surface area (Å²) in [6, 6.07) is 5.61. The summed E-state index contributed by atoms with van der Waals surface area (Å²) in [5.74, 6) is -0.425. The molecule has 0 saturated heterocycles. The van der Waals surface area contributed by atoms with Crippen molar-refractivity contribution in [3.8, 4) is 0 Å². The molecule has 1 aromatic rings. The summed E-state index contributed by atoms with van der Waals surface area (Å²) in [5, 5.41) is 0. The summed E-state index contributed by atoms with van der Waals surface area (Å²) in [7, 11) is 0. The number of ether oxygens (including phenoxy) is 1. The minimum absolute atomic E-state index is 0.193. The van der Waals surface area contributed by atoms with Crippen LogP contribution < -0.4 is 5.73 Å². The zero-order chi connectivity index (χ0) is 11.4. The van der Waals surface area contributed by atoms with E-state index in [2.05, 4.69) is 0 Å². The van der Waals surface area contributed by atoms with Gasteiger partial charge in [-0.3, -0.25) is 4.79 Å². The molecule has 15 heavy (non-hydrogen) atoms. The molecule has 0 unspecified atom stereocenters. The van der Waals surface area contributed by atoms with Crippen molar-refractivity contribution < 1.29 is 9.53 Å². The first-order valence-corrected chi connectivity index (χ1v) is 5.09. The summed E-state index contributed by atoms with van der Waals surface area (Å²) in [5.41, 5.74) is 8.39. The summed E-state index contributed by atoms with van der Waals surface area (Å²) in [6.45, 7) is 5.98. The number of esters is 1. The normalized spacial score (nSPS) is 12.2. The molecule has 1 aromatic carbocycles. The van der Waals surface area contributed by atoms with E-state index in [1.165, 1.54) is 0 Å². The first kappa shape index (κ1) is 11.6. The number of rotatable bonds is 3. The molecule has 2 N–H and O–H groups in total. The van der Waals surface area contributed by atoms with Crippen molar-refractivity contribution in [2.45, 2.75) is 26.7 Å². The van der Waals surface area contributed by atoms with Gasteiger partial charge >= 0.3 is 5.97 Å². The molecule has 0 radical (unpaired) electrons. The third-order valence-electron chi connectivity index (χ3n) is 2.43. The van der Waals surface area contributed by atoms with Crippen molar-refractivity contribution in [1.29, 1.82) is 0 Å². The Morgan fingerprint density at radius 3 is 2.73 bits per heavy atom. The van der Waals surface area contributed by atoms with Crippen molar-refractivity contribution in [2.24, 2.45) is 0 Å². The van der Waals surface area contributed by atoms with Gasteiger partial charge in [-0.05, 0) is 38.0 Å². The van der Waals surface area contributed by atoms with Gasteiger partial charge in [0.05, 0.1) is 12.5 Å². The highest BCUT2D eigenvalue weighted by atomic mass is 16.5. The lowest BCUT2D eigenvalue weighted by atomic mass is 9.99. The number of carbonyl (C=O) groups excluding carboxylic acids is 1. The number of carbonyl (C=O) groups is 1. The predicted octanol–water partition coefficient (Wildman–Crippen LogP) is 2.24. The second-order valence-electron chi connectivity index (χ2n) is 3.59. The van der Waals surface area contributed by atoms with Crippen molar-refractivity contribution in [3.05, 3.63) is 29.3 Å². The molecule has 0 aliphatic rings. The molecule has 0 aliphatic heterocycles. The second-order valence-corrected chi connectivity index (χ2v) is 3.59. The predicted molar refractivity (Wildman–Crippen MR) is 60.6 cm³/mol. The monoisotopic (exact) mass is 207 g/mol. The third-order valence-corrected chi connectivity index (χ3v) is 2.43. The average molecular weight is 207 g/mol. The molecule has 3 heteroatoms. The van der Waals surface area contributed by atoms with Gasteiger partial charge in [0.15, 0.2) is 0 Å². The molecule has 0 amide bonds. The van der Waals surface area contributed by atoms with Crippen LogP contribution >= 0.6 is 0 Å². The van der Waals surface area contributed by atoms with Crippen LogP contribution in [0, 0.1) is 6.92 Å². The Bertz CT molecular complexity index is 361. The molecule has 0 aromatic heterocycles. The highest BCUT2D eigenvalue weighted by molar-refractivity contribution is 5.78. The van der Waals surface area contributed by atoms with Gasteiger partial charge in [-0.15, -0.1) is 0 Å². The van der Waals surface area contributed by atoms with Crippen LogP contribution in [0.15, 0.2) is 18.2 Å². The molecule has 3 nitrogen and oxygen atoms in total. The molecule has 0 aliphatic carbocycles. The van der Waals surface area contributed by atoms with Crippen LogP contribution in [0.1, 0.15) is 30.9 Å². The Kier molecular flexibility index (Phi) is 3.72. The maximum Gasteiger partial charge on any atom is 0.313 e. The lowest BCUT2D eigenvalue weighted by molar-refractivity contribution is -0.144. The molecule has 0 spiro atoms. The highest BCUT2D eigenvalue weighted by Gasteiger charge is 2.16. The minimum Gasteiger partial charge on any atom is -0.466 e. The van der Waals surface area contributed by atoms with E-state index in [0.717, 1.165) is 16.8 Å². The van der Waals surface area contributed by atoms with Gasteiger partial charge in [0.25, 0.3) is 0 Å². The van der Waals surface area contributed by atoms with Crippen LogP contribution in [0.5, 0.6) is 0 Å². The van der Waals surface area contributed by atoms with Crippen molar-refractivity contribution in [2.75, 3.05) is 12.3 Å². The number of benzene rings is 1. The summed E-state index contributed by atoms with van der Waals surface area (Å²) in [6.07, 6.45) is 0. The molecule has 82 valence electrons. The van der Waals surface area contributed by atoms with E-state index in [4.69, 9.17) is 10.5 Å². The maximum absolute atomic E-state index is 11.5. The maximum atomic E-state index is 11.5. The van der Waals surface area contributed by atoms with Crippen molar-refractivity contribution in [1.82, 2.24) is 0 Å². The summed E-state index contributed by atoms with van der Waals surface area (Å²) < 4.78 is 4.96. The Labute approximate surface area is 90.2 Å². The average Bonchev–Trinajstić information content (AvgIpc) is 2.21. The fourth-order valence-electron chi connectivity index (χ4n) is 1.37. The van der Waals surface area contributed by atoms with Crippen LogP contribution in [-0.2, 0) is 9.53 Å². The second kappa shape index (κ2) is 4.82. The largest absolute Gasteiger partial charge is 0.466 e. The van der Waals surface area contributed by atoms with Gasteiger partial charge in [-0.25, -0.2) is 0 Å². The Morgan fingerprint density at radius 1 is 1.53 bits per heavy atom. The number of hydrogen-bond acceptors (Lipinski definition) is 3. The lowest BCUT2D eigenvalue weighted by Gasteiger charge is -2.12. The minimum atomic E-state index is -0.232. The van der Waals surface area contributed by atoms with E-state index in [1.807, 2.05) is 32.0 Å². The van der Waals surface area contributed by atoms with Gasteiger partial charge < -0.3 is 10.5 Å².